The largest absolute Gasteiger partial charge is 0.490 e. The Hall–Kier alpha value is -1.91. The van der Waals surface area contributed by atoms with E-state index in [4.69, 9.17) is 14.2 Å². The third kappa shape index (κ3) is 4.29. The summed E-state index contributed by atoms with van der Waals surface area (Å²) in [6, 6.07) is 3.47. The Morgan fingerprint density at radius 2 is 1.32 bits per heavy atom. The van der Waals surface area contributed by atoms with Crippen LogP contribution >= 0.6 is 0 Å². The average Bonchev–Trinajstić information content (AvgIpc) is 2.51. The van der Waals surface area contributed by atoms with Crippen molar-refractivity contribution in [3.05, 3.63) is 17.7 Å². The maximum atomic E-state index is 12.6. The lowest BCUT2D eigenvalue weighted by molar-refractivity contribution is 0.0772. The summed E-state index contributed by atoms with van der Waals surface area (Å²) < 4.78 is 16.9. The number of nitrogens with zero attached hydrogens (tertiary/aromatic N) is 1. The number of carbonyl (C=O) groups is 1. The highest BCUT2D eigenvalue weighted by Gasteiger charge is 2.20. The normalized spacial score (nSPS) is 10.2. The summed E-state index contributed by atoms with van der Waals surface area (Å²) in [7, 11) is 0. The van der Waals surface area contributed by atoms with Crippen LogP contribution in [0, 0.1) is 0 Å². The van der Waals surface area contributed by atoms with Crippen LogP contribution in [0.2, 0.25) is 0 Å². The summed E-state index contributed by atoms with van der Waals surface area (Å²) in [5.41, 5.74) is 0.555. The van der Waals surface area contributed by atoms with E-state index in [9.17, 15) is 4.79 Å². The summed E-state index contributed by atoms with van der Waals surface area (Å²) in [6.45, 7) is 12.4. The van der Waals surface area contributed by atoms with Gasteiger partial charge in [0.05, 0.1) is 19.8 Å². The van der Waals surface area contributed by atoms with Gasteiger partial charge in [0.15, 0.2) is 11.5 Å². The molecule has 1 aromatic rings. The summed E-state index contributed by atoms with van der Waals surface area (Å²) in [5, 5.41) is 0. The van der Waals surface area contributed by atoms with E-state index in [1.807, 2.05) is 34.6 Å². The fourth-order valence-electron chi connectivity index (χ4n) is 2.21. The molecule has 0 radical (unpaired) electrons. The fraction of sp³-hybridized carbons (Fsp3) is 0.588. The van der Waals surface area contributed by atoms with E-state index in [1.54, 1.807) is 17.0 Å². The van der Waals surface area contributed by atoms with Gasteiger partial charge in [0.1, 0.15) is 0 Å². The predicted octanol–water partition coefficient (Wildman–Crippen LogP) is 3.36. The molecular formula is C17H27NO4. The highest BCUT2D eigenvalue weighted by Crippen LogP contribution is 2.39. The molecule has 5 heteroatoms. The molecule has 0 bridgehead atoms. The number of benzene rings is 1. The lowest BCUT2D eigenvalue weighted by Gasteiger charge is -2.21. The number of ether oxygens (including phenoxy) is 3. The van der Waals surface area contributed by atoms with Gasteiger partial charge in [-0.15, -0.1) is 0 Å². The van der Waals surface area contributed by atoms with Crippen LogP contribution in [0.15, 0.2) is 12.1 Å². The molecule has 0 aromatic heterocycles. The van der Waals surface area contributed by atoms with Gasteiger partial charge < -0.3 is 19.1 Å². The second-order valence-corrected chi connectivity index (χ2v) is 4.58. The molecule has 0 saturated carbocycles. The van der Waals surface area contributed by atoms with E-state index in [1.165, 1.54) is 0 Å². The van der Waals surface area contributed by atoms with Gasteiger partial charge in [-0.2, -0.15) is 0 Å². The van der Waals surface area contributed by atoms with E-state index < -0.39 is 0 Å². The van der Waals surface area contributed by atoms with Crippen molar-refractivity contribution in [1.82, 2.24) is 4.90 Å². The minimum atomic E-state index is -0.0324. The molecule has 0 N–H and O–H groups in total. The van der Waals surface area contributed by atoms with Crippen LogP contribution in [0.25, 0.3) is 0 Å². The maximum Gasteiger partial charge on any atom is 0.254 e. The van der Waals surface area contributed by atoms with E-state index in [2.05, 4.69) is 0 Å². The number of amides is 1. The third-order valence-electron chi connectivity index (χ3n) is 3.21. The van der Waals surface area contributed by atoms with Gasteiger partial charge in [-0.1, -0.05) is 0 Å². The predicted molar refractivity (Wildman–Crippen MR) is 87.2 cm³/mol. The molecular weight excluding hydrogens is 282 g/mol. The molecule has 1 aromatic carbocycles. The topological polar surface area (TPSA) is 48.0 Å². The second-order valence-electron chi connectivity index (χ2n) is 4.58. The summed E-state index contributed by atoms with van der Waals surface area (Å²) >= 11 is 0. The average molecular weight is 309 g/mol. The molecule has 0 fully saturated rings. The fourth-order valence-corrected chi connectivity index (χ4v) is 2.21. The van der Waals surface area contributed by atoms with Gasteiger partial charge in [0.2, 0.25) is 5.75 Å². The number of hydrogen-bond acceptors (Lipinski definition) is 4. The number of hydrogen-bond donors (Lipinski definition) is 0. The Balaban J connectivity index is 3.31. The molecule has 124 valence electrons. The maximum absolute atomic E-state index is 12.6. The van der Waals surface area contributed by atoms with Crippen LogP contribution in [0.1, 0.15) is 45.0 Å². The van der Waals surface area contributed by atoms with E-state index in [0.717, 1.165) is 0 Å². The standard InChI is InChI=1S/C17H27NO4/c1-6-18(7-2)17(19)13-11-14(20-8-3)16(22-10-5)15(12-13)21-9-4/h11-12H,6-10H2,1-5H3. The van der Waals surface area contributed by atoms with Crippen molar-refractivity contribution in [2.75, 3.05) is 32.9 Å². The van der Waals surface area contributed by atoms with Crippen molar-refractivity contribution in [1.29, 1.82) is 0 Å². The van der Waals surface area contributed by atoms with Gasteiger partial charge in [-0.25, -0.2) is 0 Å². The lowest BCUT2D eigenvalue weighted by atomic mass is 10.1. The minimum absolute atomic E-state index is 0.0324. The van der Waals surface area contributed by atoms with Crippen molar-refractivity contribution in [3.63, 3.8) is 0 Å². The Morgan fingerprint density at radius 3 is 1.68 bits per heavy atom. The highest BCUT2D eigenvalue weighted by atomic mass is 16.5. The monoisotopic (exact) mass is 309 g/mol. The van der Waals surface area contributed by atoms with Gasteiger partial charge >= 0.3 is 0 Å². The Morgan fingerprint density at radius 1 is 0.864 bits per heavy atom. The van der Waals surface area contributed by atoms with Crippen LogP contribution in [-0.2, 0) is 0 Å². The molecule has 0 aliphatic carbocycles. The molecule has 0 heterocycles. The first-order valence-corrected chi connectivity index (χ1v) is 7.98. The molecule has 0 saturated heterocycles. The molecule has 0 atom stereocenters. The van der Waals surface area contributed by atoms with Crippen LogP contribution in [0.5, 0.6) is 17.2 Å². The highest BCUT2D eigenvalue weighted by molar-refractivity contribution is 5.95. The van der Waals surface area contributed by atoms with Crippen molar-refractivity contribution >= 4 is 5.91 Å². The van der Waals surface area contributed by atoms with E-state index in [0.29, 0.717) is 55.7 Å². The first-order chi connectivity index (χ1) is 10.6. The number of rotatable bonds is 9. The zero-order chi connectivity index (χ0) is 16.5. The van der Waals surface area contributed by atoms with Crippen molar-refractivity contribution in [2.24, 2.45) is 0 Å². The van der Waals surface area contributed by atoms with Gasteiger partial charge in [0, 0.05) is 18.7 Å². The zero-order valence-electron chi connectivity index (χ0n) is 14.3. The number of carbonyl (C=O) groups excluding carboxylic acids is 1. The SMILES string of the molecule is CCOc1cc(C(=O)N(CC)CC)cc(OCC)c1OCC. The van der Waals surface area contributed by atoms with Crippen molar-refractivity contribution in [3.8, 4) is 17.2 Å². The molecule has 1 rings (SSSR count). The Labute approximate surface area is 133 Å². The summed E-state index contributed by atoms with van der Waals surface area (Å²) in [5.74, 6) is 1.62. The first kappa shape index (κ1) is 18.1. The van der Waals surface area contributed by atoms with E-state index >= 15 is 0 Å². The van der Waals surface area contributed by atoms with E-state index in [-0.39, 0.29) is 5.91 Å². The molecule has 0 spiro atoms. The van der Waals surface area contributed by atoms with Crippen LogP contribution in [0.4, 0.5) is 0 Å². The Bertz CT molecular complexity index is 457. The lowest BCUT2D eigenvalue weighted by Crippen LogP contribution is -2.30. The van der Waals surface area contributed by atoms with Gasteiger partial charge in [-0.3, -0.25) is 4.79 Å². The molecule has 22 heavy (non-hydrogen) atoms. The van der Waals surface area contributed by atoms with Gasteiger partial charge in [-0.05, 0) is 46.8 Å². The van der Waals surface area contributed by atoms with Crippen LogP contribution in [-0.4, -0.2) is 43.7 Å². The molecule has 5 nitrogen and oxygen atoms in total. The smallest absolute Gasteiger partial charge is 0.254 e. The zero-order valence-corrected chi connectivity index (χ0v) is 14.3. The third-order valence-corrected chi connectivity index (χ3v) is 3.21. The summed E-state index contributed by atoms with van der Waals surface area (Å²) in [4.78, 5) is 14.3. The molecule has 1 amide bonds. The Kier molecular flexibility index (Phi) is 7.57. The molecule has 0 unspecified atom stereocenters. The van der Waals surface area contributed by atoms with Gasteiger partial charge in [0.25, 0.3) is 5.91 Å². The quantitative estimate of drug-likeness (QED) is 0.702. The first-order valence-electron chi connectivity index (χ1n) is 7.98. The van der Waals surface area contributed by atoms with Crippen molar-refractivity contribution in [2.45, 2.75) is 34.6 Å². The molecule has 0 aliphatic heterocycles. The van der Waals surface area contributed by atoms with Crippen LogP contribution < -0.4 is 14.2 Å². The van der Waals surface area contributed by atoms with Crippen LogP contribution in [0.3, 0.4) is 0 Å². The molecule has 0 aliphatic rings. The summed E-state index contributed by atoms with van der Waals surface area (Å²) in [6.07, 6.45) is 0. The second kappa shape index (κ2) is 9.18. The van der Waals surface area contributed by atoms with Crippen molar-refractivity contribution < 1.29 is 19.0 Å². The minimum Gasteiger partial charge on any atom is -0.490 e.